The Kier molecular flexibility index (Phi) is 4.90. The van der Waals surface area contributed by atoms with E-state index in [1.54, 1.807) is 7.11 Å². The zero-order valence-corrected chi connectivity index (χ0v) is 9.94. The first kappa shape index (κ1) is 12.0. The number of nitrogens with one attached hydrogen (secondary N) is 1. The van der Waals surface area contributed by atoms with E-state index in [1.807, 2.05) is 0 Å². The molecule has 1 N–H and O–H groups in total. The second-order valence-electron chi connectivity index (χ2n) is 5.33. The summed E-state index contributed by atoms with van der Waals surface area (Å²) in [5.41, 5.74) is 0.375. The molecule has 1 aliphatic rings. The van der Waals surface area contributed by atoms with Gasteiger partial charge >= 0.3 is 0 Å². The van der Waals surface area contributed by atoms with Crippen molar-refractivity contribution in [1.29, 1.82) is 0 Å². The predicted octanol–water partition coefficient (Wildman–Crippen LogP) is 2.44. The third-order valence-electron chi connectivity index (χ3n) is 3.24. The van der Waals surface area contributed by atoms with Crippen LogP contribution in [0.15, 0.2) is 0 Å². The van der Waals surface area contributed by atoms with E-state index in [1.165, 1.54) is 25.8 Å². The molecule has 1 aliphatic carbocycles. The molecule has 0 bridgehead atoms. The first-order valence-electron chi connectivity index (χ1n) is 5.84. The molecular weight excluding hydrogens is 174 g/mol. The fourth-order valence-corrected chi connectivity index (χ4v) is 1.78. The molecule has 0 unspecified atom stereocenters. The Balaban J connectivity index is 2.02. The summed E-state index contributed by atoms with van der Waals surface area (Å²) in [6.07, 6.45) is 5.46. The van der Waals surface area contributed by atoms with Crippen LogP contribution >= 0.6 is 0 Å². The second kappa shape index (κ2) is 5.72. The molecule has 0 spiro atoms. The minimum Gasteiger partial charge on any atom is -0.385 e. The molecule has 0 aliphatic heterocycles. The standard InChI is InChI=1S/C12H25NO/c1-12(2,7-8-14-3)10-13-9-11-5-4-6-11/h11,13H,4-10H2,1-3H3. The van der Waals surface area contributed by atoms with Crippen molar-refractivity contribution in [3.63, 3.8) is 0 Å². The largest absolute Gasteiger partial charge is 0.385 e. The highest BCUT2D eigenvalue weighted by atomic mass is 16.5. The van der Waals surface area contributed by atoms with E-state index < -0.39 is 0 Å². The van der Waals surface area contributed by atoms with Crippen LogP contribution in [0, 0.1) is 11.3 Å². The summed E-state index contributed by atoms with van der Waals surface area (Å²) >= 11 is 0. The molecule has 14 heavy (non-hydrogen) atoms. The van der Waals surface area contributed by atoms with Gasteiger partial charge in [-0.15, -0.1) is 0 Å². The van der Waals surface area contributed by atoms with Crippen molar-refractivity contribution in [3.8, 4) is 0 Å². The van der Waals surface area contributed by atoms with Gasteiger partial charge in [-0.3, -0.25) is 0 Å². The molecule has 2 nitrogen and oxygen atoms in total. The van der Waals surface area contributed by atoms with Crippen molar-refractivity contribution in [1.82, 2.24) is 5.32 Å². The predicted molar refractivity (Wildman–Crippen MR) is 60.5 cm³/mol. The molecule has 1 fully saturated rings. The zero-order valence-electron chi connectivity index (χ0n) is 9.94. The van der Waals surface area contributed by atoms with Crippen molar-refractivity contribution >= 4 is 0 Å². The van der Waals surface area contributed by atoms with Crippen molar-refractivity contribution in [2.75, 3.05) is 26.8 Å². The Morgan fingerprint density at radius 1 is 1.36 bits per heavy atom. The lowest BCUT2D eigenvalue weighted by Crippen LogP contribution is -2.35. The summed E-state index contributed by atoms with van der Waals surface area (Å²) in [6.45, 7) is 7.82. The number of hydrogen-bond acceptors (Lipinski definition) is 2. The molecule has 2 heteroatoms. The van der Waals surface area contributed by atoms with E-state index in [2.05, 4.69) is 19.2 Å². The first-order valence-corrected chi connectivity index (χ1v) is 5.84. The van der Waals surface area contributed by atoms with Gasteiger partial charge in [-0.05, 0) is 37.1 Å². The van der Waals surface area contributed by atoms with Crippen LogP contribution in [-0.4, -0.2) is 26.8 Å². The lowest BCUT2D eigenvalue weighted by Gasteiger charge is -2.29. The number of rotatable bonds is 7. The van der Waals surface area contributed by atoms with E-state index in [-0.39, 0.29) is 0 Å². The van der Waals surface area contributed by atoms with E-state index in [9.17, 15) is 0 Å². The normalized spacial score (nSPS) is 18.2. The lowest BCUT2D eigenvalue weighted by atomic mass is 9.84. The van der Waals surface area contributed by atoms with Crippen molar-refractivity contribution in [2.45, 2.75) is 39.5 Å². The fraction of sp³-hybridized carbons (Fsp3) is 1.00. The summed E-state index contributed by atoms with van der Waals surface area (Å²) < 4.78 is 5.11. The van der Waals surface area contributed by atoms with Crippen LogP contribution in [0.25, 0.3) is 0 Å². The van der Waals surface area contributed by atoms with Crippen molar-refractivity contribution in [2.24, 2.45) is 11.3 Å². The molecule has 0 aromatic carbocycles. The highest BCUT2D eigenvalue weighted by Gasteiger charge is 2.20. The third-order valence-corrected chi connectivity index (χ3v) is 3.24. The van der Waals surface area contributed by atoms with Crippen LogP contribution < -0.4 is 5.32 Å². The quantitative estimate of drug-likeness (QED) is 0.680. The summed E-state index contributed by atoms with van der Waals surface area (Å²) in [4.78, 5) is 0. The van der Waals surface area contributed by atoms with E-state index >= 15 is 0 Å². The second-order valence-corrected chi connectivity index (χ2v) is 5.33. The molecule has 0 heterocycles. The fourth-order valence-electron chi connectivity index (χ4n) is 1.78. The van der Waals surface area contributed by atoms with Gasteiger partial charge in [0.15, 0.2) is 0 Å². The van der Waals surface area contributed by atoms with Crippen LogP contribution in [0.3, 0.4) is 0 Å². The molecule has 1 rings (SSSR count). The number of methoxy groups -OCH3 is 1. The van der Waals surface area contributed by atoms with Crippen molar-refractivity contribution in [3.05, 3.63) is 0 Å². The number of hydrogen-bond donors (Lipinski definition) is 1. The van der Waals surface area contributed by atoms with E-state index in [0.29, 0.717) is 5.41 Å². The molecule has 0 aromatic rings. The zero-order chi connectivity index (χ0) is 10.4. The lowest BCUT2D eigenvalue weighted by molar-refractivity contribution is 0.148. The van der Waals surface area contributed by atoms with Crippen LogP contribution in [0.5, 0.6) is 0 Å². The van der Waals surface area contributed by atoms with E-state index in [4.69, 9.17) is 4.74 Å². The maximum absolute atomic E-state index is 5.11. The summed E-state index contributed by atoms with van der Waals surface area (Å²) in [5, 5.41) is 3.58. The Labute approximate surface area is 88.4 Å². The van der Waals surface area contributed by atoms with Crippen LogP contribution in [0.1, 0.15) is 39.5 Å². The molecule has 0 amide bonds. The van der Waals surface area contributed by atoms with Gasteiger partial charge in [0.2, 0.25) is 0 Å². The minimum atomic E-state index is 0.375. The Morgan fingerprint density at radius 2 is 2.07 bits per heavy atom. The monoisotopic (exact) mass is 199 g/mol. The van der Waals surface area contributed by atoms with Gasteiger partial charge in [0.25, 0.3) is 0 Å². The van der Waals surface area contributed by atoms with Gasteiger partial charge < -0.3 is 10.1 Å². The van der Waals surface area contributed by atoms with Gasteiger partial charge in [0.05, 0.1) is 0 Å². The van der Waals surface area contributed by atoms with Gasteiger partial charge in [0, 0.05) is 20.3 Å². The third kappa shape index (κ3) is 4.43. The minimum absolute atomic E-state index is 0.375. The maximum atomic E-state index is 5.11. The Bertz CT molecular complexity index is 152. The molecular formula is C12H25NO. The van der Waals surface area contributed by atoms with Crippen LogP contribution in [0.2, 0.25) is 0 Å². The molecule has 1 saturated carbocycles. The summed E-state index contributed by atoms with van der Waals surface area (Å²) in [5.74, 6) is 0.966. The average Bonchev–Trinajstić information content (AvgIpc) is 2.06. The average molecular weight is 199 g/mol. The maximum Gasteiger partial charge on any atom is 0.0467 e. The molecule has 84 valence electrons. The molecule has 0 radical (unpaired) electrons. The first-order chi connectivity index (χ1) is 6.64. The molecule has 0 aromatic heterocycles. The Hall–Kier alpha value is -0.0800. The van der Waals surface area contributed by atoms with Crippen molar-refractivity contribution < 1.29 is 4.74 Å². The van der Waals surface area contributed by atoms with Gasteiger partial charge in [-0.2, -0.15) is 0 Å². The summed E-state index contributed by atoms with van der Waals surface area (Å²) in [6, 6.07) is 0. The van der Waals surface area contributed by atoms with Gasteiger partial charge in [0.1, 0.15) is 0 Å². The highest BCUT2D eigenvalue weighted by Crippen LogP contribution is 2.26. The topological polar surface area (TPSA) is 21.3 Å². The highest BCUT2D eigenvalue weighted by molar-refractivity contribution is 4.75. The molecule has 0 atom stereocenters. The van der Waals surface area contributed by atoms with Crippen LogP contribution in [-0.2, 0) is 4.74 Å². The van der Waals surface area contributed by atoms with Crippen LogP contribution in [0.4, 0.5) is 0 Å². The van der Waals surface area contributed by atoms with E-state index in [0.717, 1.165) is 25.5 Å². The number of ether oxygens (including phenoxy) is 1. The molecule has 0 saturated heterocycles. The Morgan fingerprint density at radius 3 is 2.57 bits per heavy atom. The van der Waals surface area contributed by atoms with Gasteiger partial charge in [-0.1, -0.05) is 20.3 Å². The SMILES string of the molecule is COCCC(C)(C)CNCC1CCC1. The van der Waals surface area contributed by atoms with Gasteiger partial charge in [-0.25, -0.2) is 0 Å². The summed E-state index contributed by atoms with van der Waals surface area (Å²) in [7, 11) is 1.78. The smallest absolute Gasteiger partial charge is 0.0467 e.